The maximum absolute atomic E-state index is 12.9. The van der Waals surface area contributed by atoms with Crippen LogP contribution in [0.15, 0.2) is 29.3 Å². The Balaban J connectivity index is 1.92. The molecular weight excluding hydrogens is 233 g/mol. The third-order valence-electron chi connectivity index (χ3n) is 3.53. The van der Waals surface area contributed by atoms with Crippen molar-refractivity contribution in [3.05, 3.63) is 35.6 Å². The van der Waals surface area contributed by atoms with Gasteiger partial charge in [0.05, 0.1) is 0 Å². The van der Waals surface area contributed by atoms with Gasteiger partial charge in [0.1, 0.15) is 17.2 Å². The molecule has 5 heteroatoms. The average Bonchev–Trinajstić information content (AvgIpc) is 2.69. The Hall–Kier alpha value is -1.75. The summed E-state index contributed by atoms with van der Waals surface area (Å²) in [6.07, 6.45) is 1.42. The molecule has 0 radical (unpaired) electrons. The summed E-state index contributed by atoms with van der Waals surface area (Å²) in [6, 6.07) is 6.01. The van der Waals surface area contributed by atoms with Gasteiger partial charge >= 0.3 is 0 Å². The third-order valence-corrected chi connectivity index (χ3v) is 3.53. The van der Waals surface area contributed by atoms with E-state index < -0.39 is 5.54 Å². The summed E-state index contributed by atoms with van der Waals surface area (Å²) >= 11 is 0. The zero-order valence-corrected chi connectivity index (χ0v) is 9.87. The predicted octanol–water partition coefficient (Wildman–Crippen LogP) is 0.824. The highest BCUT2D eigenvalue weighted by molar-refractivity contribution is 6.15. The molecule has 0 saturated carbocycles. The number of carbonyl (C=O) groups is 1. The largest absolute Gasteiger partial charge is 0.317 e. The Bertz CT molecular complexity index is 503. The van der Waals surface area contributed by atoms with Crippen LogP contribution in [0.4, 0.5) is 4.39 Å². The Morgan fingerprint density at radius 3 is 2.50 bits per heavy atom. The van der Waals surface area contributed by atoms with Gasteiger partial charge in [0.15, 0.2) is 0 Å². The van der Waals surface area contributed by atoms with E-state index in [1.165, 1.54) is 12.1 Å². The number of benzene rings is 1. The lowest BCUT2D eigenvalue weighted by Crippen LogP contribution is -2.47. The quantitative estimate of drug-likeness (QED) is 0.772. The minimum atomic E-state index is -0.616. The summed E-state index contributed by atoms with van der Waals surface area (Å²) in [4.78, 5) is 16.6. The second-order valence-electron chi connectivity index (χ2n) is 4.70. The minimum Gasteiger partial charge on any atom is -0.317 e. The molecule has 2 N–H and O–H groups in total. The molecular formula is C13H14FN3O. The molecule has 2 heterocycles. The van der Waals surface area contributed by atoms with Crippen LogP contribution in [0.3, 0.4) is 0 Å². The number of halogens is 1. The van der Waals surface area contributed by atoms with Crippen LogP contribution in [0.25, 0.3) is 0 Å². The molecule has 1 fully saturated rings. The summed E-state index contributed by atoms with van der Waals surface area (Å²) in [6.45, 7) is 1.60. The van der Waals surface area contributed by atoms with Gasteiger partial charge in [0.25, 0.3) is 5.91 Å². The van der Waals surface area contributed by atoms with Crippen LogP contribution in [-0.2, 0) is 4.79 Å². The number of amides is 1. The first kappa shape index (κ1) is 11.3. The molecule has 18 heavy (non-hydrogen) atoms. The van der Waals surface area contributed by atoms with Crippen molar-refractivity contribution in [2.45, 2.75) is 18.4 Å². The zero-order valence-electron chi connectivity index (χ0n) is 9.87. The van der Waals surface area contributed by atoms with Crippen LogP contribution >= 0.6 is 0 Å². The summed E-state index contributed by atoms with van der Waals surface area (Å²) in [5.41, 5.74) is 0.134. The van der Waals surface area contributed by atoms with Gasteiger partial charge in [-0.15, -0.1) is 0 Å². The summed E-state index contributed by atoms with van der Waals surface area (Å²) in [7, 11) is 0. The van der Waals surface area contributed by atoms with E-state index >= 15 is 0 Å². The molecule has 1 amide bonds. The van der Waals surface area contributed by atoms with Gasteiger partial charge in [-0.1, -0.05) is 0 Å². The van der Waals surface area contributed by atoms with Crippen molar-refractivity contribution in [1.82, 2.24) is 10.6 Å². The van der Waals surface area contributed by atoms with Crippen molar-refractivity contribution in [1.29, 1.82) is 0 Å². The topological polar surface area (TPSA) is 53.5 Å². The summed E-state index contributed by atoms with van der Waals surface area (Å²) < 4.78 is 12.9. The van der Waals surface area contributed by atoms with Crippen LogP contribution < -0.4 is 10.6 Å². The van der Waals surface area contributed by atoms with E-state index in [1.807, 2.05) is 0 Å². The number of rotatable bonds is 1. The molecule has 1 aromatic rings. The normalized spacial score (nSPS) is 21.8. The molecule has 3 rings (SSSR count). The van der Waals surface area contributed by atoms with E-state index in [0.717, 1.165) is 18.7 Å². The standard InChI is InChI=1S/C13H14FN3O/c14-10-3-1-9(2-4-10)11-16-12(18)13(17-11)5-7-15-8-6-13/h1-4,15H,5-8H2,(H,16,17,18). The first-order valence-electron chi connectivity index (χ1n) is 6.08. The highest BCUT2D eigenvalue weighted by Gasteiger charge is 2.44. The predicted molar refractivity (Wildman–Crippen MR) is 65.9 cm³/mol. The fraction of sp³-hybridized carbons (Fsp3) is 0.385. The molecule has 4 nitrogen and oxygen atoms in total. The number of piperidine rings is 1. The van der Waals surface area contributed by atoms with Crippen LogP contribution in [-0.4, -0.2) is 30.4 Å². The number of amidine groups is 1. The van der Waals surface area contributed by atoms with Crippen LogP contribution in [0.5, 0.6) is 0 Å². The van der Waals surface area contributed by atoms with Crippen molar-refractivity contribution in [3.63, 3.8) is 0 Å². The molecule has 1 aromatic carbocycles. The molecule has 94 valence electrons. The van der Waals surface area contributed by atoms with Crippen molar-refractivity contribution >= 4 is 11.7 Å². The molecule has 0 aliphatic carbocycles. The second-order valence-corrected chi connectivity index (χ2v) is 4.70. The Kier molecular flexibility index (Phi) is 2.63. The molecule has 0 atom stereocenters. The number of hydrogen-bond donors (Lipinski definition) is 2. The van der Waals surface area contributed by atoms with Gasteiger partial charge in [0.2, 0.25) is 0 Å². The maximum atomic E-state index is 12.9. The number of hydrogen-bond acceptors (Lipinski definition) is 3. The van der Waals surface area contributed by atoms with Gasteiger partial charge in [-0.2, -0.15) is 0 Å². The zero-order chi connectivity index (χ0) is 12.6. The number of nitrogens with zero attached hydrogens (tertiary/aromatic N) is 1. The molecule has 2 aliphatic rings. The van der Waals surface area contributed by atoms with E-state index in [0.29, 0.717) is 18.7 Å². The molecule has 0 aromatic heterocycles. The average molecular weight is 247 g/mol. The number of aliphatic imine (C=N–C) groups is 1. The van der Waals surface area contributed by atoms with Crippen LogP contribution in [0.2, 0.25) is 0 Å². The highest BCUT2D eigenvalue weighted by Crippen LogP contribution is 2.28. The molecule has 2 aliphatic heterocycles. The van der Waals surface area contributed by atoms with Crippen LogP contribution in [0, 0.1) is 5.82 Å². The summed E-state index contributed by atoms with van der Waals surface area (Å²) in [5, 5.41) is 6.03. The fourth-order valence-corrected chi connectivity index (χ4v) is 2.44. The van der Waals surface area contributed by atoms with Crippen LogP contribution in [0.1, 0.15) is 18.4 Å². The third kappa shape index (κ3) is 1.80. The van der Waals surface area contributed by atoms with E-state index in [1.54, 1.807) is 12.1 Å². The first-order valence-corrected chi connectivity index (χ1v) is 6.08. The van der Waals surface area contributed by atoms with Crippen molar-refractivity contribution in [2.75, 3.05) is 13.1 Å². The van der Waals surface area contributed by atoms with E-state index in [2.05, 4.69) is 15.6 Å². The maximum Gasteiger partial charge on any atom is 0.253 e. The number of nitrogens with one attached hydrogen (secondary N) is 2. The van der Waals surface area contributed by atoms with Crippen molar-refractivity contribution < 1.29 is 9.18 Å². The summed E-state index contributed by atoms with van der Waals surface area (Å²) in [5.74, 6) is 0.227. The van der Waals surface area contributed by atoms with Crippen molar-refractivity contribution in [2.24, 2.45) is 4.99 Å². The fourth-order valence-electron chi connectivity index (χ4n) is 2.44. The van der Waals surface area contributed by atoms with Gasteiger partial charge in [-0.05, 0) is 50.2 Å². The smallest absolute Gasteiger partial charge is 0.253 e. The lowest BCUT2D eigenvalue weighted by atomic mass is 9.89. The molecule has 1 spiro atoms. The SMILES string of the molecule is O=C1NC(c2ccc(F)cc2)=NC12CCNCC2. The first-order chi connectivity index (χ1) is 8.70. The lowest BCUT2D eigenvalue weighted by Gasteiger charge is -2.28. The van der Waals surface area contributed by atoms with E-state index in [4.69, 9.17) is 0 Å². The second kappa shape index (κ2) is 4.17. The van der Waals surface area contributed by atoms with Gasteiger partial charge in [-0.3, -0.25) is 9.79 Å². The van der Waals surface area contributed by atoms with E-state index in [9.17, 15) is 9.18 Å². The minimum absolute atomic E-state index is 0.0386. The van der Waals surface area contributed by atoms with Crippen molar-refractivity contribution in [3.8, 4) is 0 Å². The molecule has 1 saturated heterocycles. The van der Waals surface area contributed by atoms with Gasteiger partial charge in [0, 0.05) is 5.56 Å². The van der Waals surface area contributed by atoms with E-state index in [-0.39, 0.29) is 11.7 Å². The number of carbonyl (C=O) groups excluding carboxylic acids is 1. The monoisotopic (exact) mass is 247 g/mol. The van der Waals surface area contributed by atoms with Gasteiger partial charge in [-0.25, -0.2) is 4.39 Å². The Labute approximate surface area is 104 Å². The highest BCUT2D eigenvalue weighted by atomic mass is 19.1. The Morgan fingerprint density at radius 2 is 1.83 bits per heavy atom. The lowest BCUT2D eigenvalue weighted by molar-refractivity contribution is -0.124. The molecule has 0 bridgehead atoms. The Morgan fingerprint density at radius 1 is 1.17 bits per heavy atom. The van der Waals surface area contributed by atoms with Gasteiger partial charge < -0.3 is 10.6 Å². The molecule has 0 unspecified atom stereocenters.